The van der Waals surface area contributed by atoms with Crippen LogP contribution in [0.3, 0.4) is 0 Å². The second kappa shape index (κ2) is 8.37. The lowest BCUT2D eigenvalue weighted by Gasteiger charge is -2.40. The average Bonchev–Trinajstić information content (AvgIpc) is 2.99. The smallest absolute Gasteiger partial charge is 0.303 e. The highest BCUT2D eigenvalue weighted by atomic mass is 16.5. The summed E-state index contributed by atoms with van der Waals surface area (Å²) in [4.78, 5) is 25.7. The number of aryl methyl sites for hydroxylation is 1. The van der Waals surface area contributed by atoms with E-state index in [0.717, 1.165) is 29.1 Å². The molecule has 1 aromatic carbocycles. The number of nitrogens with zero attached hydrogens (tertiary/aromatic N) is 3. The molecule has 0 bridgehead atoms. The maximum Gasteiger partial charge on any atom is 0.303 e. The van der Waals surface area contributed by atoms with E-state index in [4.69, 9.17) is 9.84 Å². The number of rotatable bonds is 6. The van der Waals surface area contributed by atoms with Gasteiger partial charge in [0, 0.05) is 30.8 Å². The van der Waals surface area contributed by atoms with Crippen molar-refractivity contribution in [3.05, 3.63) is 46.8 Å². The number of carbonyl (C=O) groups excluding carboxylic acids is 1. The van der Waals surface area contributed by atoms with Gasteiger partial charge < -0.3 is 14.7 Å². The molecular formula is C22H29N3O4. The Morgan fingerprint density at radius 1 is 1.24 bits per heavy atom. The Balaban J connectivity index is 1.78. The zero-order valence-electron chi connectivity index (χ0n) is 17.6. The van der Waals surface area contributed by atoms with Crippen molar-refractivity contribution in [2.75, 3.05) is 19.7 Å². The minimum Gasteiger partial charge on any atom is -0.481 e. The molecule has 0 aliphatic carbocycles. The van der Waals surface area contributed by atoms with Crippen LogP contribution in [-0.2, 0) is 16.0 Å². The Morgan fingerprint density at radius 2 is 1.93 bits per heavy atom. The first-order valence-corrected chi connectivity index (χ1v) is 10.0. The van der Waals surface area contributed by atoms with E-state index >= 15 is 0 Å². The van der Waals surface area contributed by atoms with Crippen molar-refractivity contribution in [3.63, 3.8) is 0 Å². The van der Waals surface area contributed by atoms with Crippen LogP contribution in [0.15, 0.2) is 24.3 Å². The van der Waals surface area contributed by atoms with Crippen LogP contribution in [-0.4, -0.2) is 57.0 Å². The number of morpholine rings is 1. The first-order chi connectivity index (χ1) is 13.7. The third-order valence-electron chi connectivity index (χ3n) is 5.76. The van der Waals surface area contributed by atoms with Crippen molar-refractivity contribution in [2.24, 2.45) is 0 Å². The van der Waals surface area contributed by atoms with Crippen LogP contribution in [0.5, 0.6) is 0 Å². The van der Waals surface area contributed by atoms with Crippen LogP contribution in [0.1, 0.15) is 54.0 Å². The predicted molar refractivity (Wildman–Crippen MR) is 110 cm³/mol. The van der Waals surface area contributed by atoms with Crippen LogP contribution in [0.4, 0.5) is 0 Å². The summed E-state index contributed by atoms with van der Waals surface area (Å²) in [6.07, 6.45) is 1.39. The summed E-state index contributed by atoms with van der Waals surface area (Å²) in [5, 5.41) is 13.5. The van der Waals surface area contributed by atoms with Gasteiger partial charge in [-0.25, -0.2) is 4.68 Å². The quantitative estimate of drug-likeness (QED) is 0.807. The van der Waals surface area contributed by atoms with Crippen molar-refractivity contribution in [2.45, 2.75) is 52.6 Å². The zero-order chi connectivity index (χ0) is 21.2. The topological polar surface area (TPSA) is 84.7 Å². The molecule has 1 N–H and O–H groups in total. The fraction of sp³-hybridized carbons (Fsp3) is 0.500. The van der Waals surface area contributed by atoms with E-state index in [1.807, 2.05) is 54.6 Å². The van der Waals surface area contributed by atoms with E-state index < -0.39 is 5.97 Å². The van der Waals surface area contributed by atoms with Gasteiger partial charge in [0.2, 0.25) is 0 Å². The highest BCUT2D eigenvalue weighted by Crippen LogP contribution is 2.23. The Labute approximate surface area is 171 Å². The molecule has 0 radical (unpaired) electrons. The first kappa shape index (κ1) is 21.0. The molecule has 156 valence electrons. The van der Waals surface area contributed by atoms with E-state index in [9.17, 15) is 9.59 Å². The molecular weight excluding hydrogens is 370 g/mol. The van der Waals surface area contributed by atoms with Gasteiger partial charge >= 0.3 is 5.97 Å². The molecule has 1 saturated heterocycles. The lowest BCUT2D eigenvalue weighted by molar-refractivity contribution is -0.136. The number of hydrogen-bond donors (Lipinski definition) is 1. The molecule has 1 aliphatic rings. The molecule has 2 aromatic rings. The molecule has 1 unspecified atom stereocenters. The molecule has 2 heterocycles. The molecule has 1 amide bonds. The van der Waals surface area contributed by atoms with E-state index in [-0.39, 0.29) is 17.9 Å². The van der Waals surface area contributed by atoms with Crippen molar-refractivity contribution < 1.29 is 19.4 Å². The zero-order valence-corrected chi connectivity index (χ0v) is 17.6. The summed E-state index contributed by atoms with van der Waals surface area (Å²) >= 11 is 0. The minimum absolute atomic E-state index is 0.00930. The summed E-state index contributed by atoms with van der Waals surface area (Å²) in [5.41, 5.74) is 3.92. The van der Waals surface area contributed by atoms with Gasteiger partial charge in [0.25, 0.3) is 5.91 Å². The van der Waals surface area contributed by atoms with Crippen LogP contribution in [0.2, 0.25) is 0 Å². The van der Waals surface area contributed by atoms with Gasteiger partial charge in [0.15, 0.2) is 0 Å². The third-order valence-corrected chi connectivity index (χ3v) is 5.76. The van der Waals surface area contributed by atoms with Gasteiger partial charge in [0.1, 0.15) is 0 Å². The number of benzene rings is 1. The average molecular weight is 399 g/mol. The molecule has 1 fully saturated rings. The van der Waals surface area contributed by atoms with E-state index in [1.54, 1.807) is 0 Å². The highest BCUT2D eigenvalue weighted by Gasteiger charge is 2.32. The second-order valence-electron chi connectivity index (χ2n) is 7.88. The van der Waals surface area contributed by atoms with E-state index in [2.05, 4.69) is 12.0 Å². The van der Waals surface area contributed by atoms with Gasteiger partial charge in [-0.3, -0.25) is 9.59 Å². The number of aromatic nitrogens is 2. The first-order valence-electron chi connectivity index (χ1n) is 10.0. The number of ether oxygens (including phenoxy) is 1. The van der Waals surface area contributed by atoms with Gasteiger partial charge in [-0.05, 0) is 63.4 Å². The molecule has 1 atom stereocenters. The van der Waals surface area contributed by atoms with Crippen molar-refractivity contribution in [3.8, 4) is 5.69 Å². The number of amides is 1. The van der Waals surface area contributed by atoms with E-state index in [1.165, 1.54) is 0 Å². The number of hydrogen-bond acceptors (Lipinski definition) is 4. The fourth-order valence-electron chi connectivity index (χ4n) is 3.77. The Bertz CT molecular complexity index is 904. The predicted octanol–water partition coefficient (Wildman–Crippen LogP) is 3.15. The Morgan fingerprint density at radius 3 is 2.55 bits per heavy atom. The Kier molecular flexibility index (Phi) is 6.07. The Hall–Kier alpha value is -2.67. The lowest BCUT2D eigenvalue weighted by atomic mass is 10.0. The highest BCUT2D eigenvalue weighted by molar-refractivity contribution is 5.94. The number of carboxylic acid groups (broad SMARTS) is 1. The number of carboxylic acids is 1. The fourth-order valence-corrected chi connectivity index (χ4v) is 3.77. The van der Waals surface area contributed by atoms with Crippen LogP contribution < -0.4 is 0 Å². The molecule has 1 aliphatic heterocycles. The molecule has 0 spiro atoms. The van der Waals surface area contributed by atoms with Gasteiger partial charge in [0.05, 0.1) is 23.6 Å². The molecule has 7 nitrogen and oxygen atoms in total. The van der Waals surface area contributed by atoms with Crippen molar-refractivity contribution in [1.82, 2.24) is 14.7 Å². The largest absolute Gasteiger partial charge is 0.481 e. The van der Waals surface area contributed by atoms with Crippen molar-refractivity contribution in [1.29, 1.82) is 0 Å². The normalized spacial score (nSPS) is 19.4. The lowest BCUT2D eigenvalue weighted by Crippen LogP contribution is -2.51. The molecule has 0 saturated carbocycles. The standard InChI is InChI=1S/C22H29N3O4/c1-5-22(4)14-24(12-13-29-22)21(28)17-6-8-18(9-7-17)25-16(3)19(15(2)23-25)10-11-20(26)27/h6-9H,5,10-14H2,1-4H3,(H,26,27). The molecule has 7 heteroatoms. The summed E-state index contributed by atoms with van der Waals surface area (Å²) < 4.78 is 7.64. The summed E-state index contributed by atoms with van der Waals surface area (Å²) in [6.45, 7) is 9.69. The maximum absolute atomic E-state index is 12.9. The summed E-state index contributed by atoms with van der Waals surface area (Å²) in [5.74, 6) is -0.809. The molecule has 29 heavy (non-hydrogen) atoms. The number of carbonyl (C=O) groups is 2. The van der Waals surface area contributed by atoms with Gasteiger partial charge in [-0.2, -0.15) is 5.10 Å². The van der Waals surface area contributed by atoms with Crippen molar-refractivity contribution >= 4 is 11.9 Å². The van der Waals surface area contributed by atoms with Crippen LogP contribution in [0.25, 0.3) is 5.69 Å². The van der Waals surface area contributed by atoms with Crippen LogP contribution >= 0.6 is 0 Å². The monoisotopic (exact) mass is 399 g/mol. The third kappa shape index (κ3) is 4.50. The molecule has 1 aromatic heterocycles. The minimum atomic E-state index is -0.818. The second-order valence-corrected chi connectivity index (χ2v) is 7.88. The molecule has 3 rings (SSSR count). The van der Waals surface area contributed by atoms with Gasteiger partial charge in [-0.15, -0.1) is 0 Å². The summed E-state index contributed by atoms with van der Waals surface area (Å²) in [6, 6.07) is 7.41. The van der Waals surface area contributed by atoms with Crippen LogP contribution in [0, 0.1) is 13.8 Å². The maximum atomic E-state index is 12.9. The van der Waals surface area contributed by atoms with E-state index in [0.29, 0.717) is 31.7 Å². The van der Waals surface area contributed by atoms with Gasteiger partial charge in [-0.1, -0.05) is 6.92 Å². The SMILES string of the molecule is CCC1(C)CN(C(=O)c2ccc(-n3nc(C)c(CCC(=O)O)c3C)cc2)CCO1. The summed E-state index contributed by atoms with van der Waals surface area (Å²) in [7, 11) is 0. The number of aliphatic carboxylic acids is 1.